The highest BCUT2D eigenvalue weighted by Crippen LogP contribution is 2.70. The summed E-state index contributed by atoms with van der Waals surface area (Å²) in [5.74, 6) is 4.79. The van der Waals surface area contributed by atoms with E-state index in [2.05, 4.69) is 53.7 Å². The minimum atomic E-state index is -0.280. The molecule has 2 heteroatoms. The Morgan fingerprint density at radius 3 is 2.57 bits per heavy atom. The molecule has 1 saturated heterocycles. The Labute approximate surface area is 183 Å². The van der Waals surface area contributed by atoms with Crippen molar-refractivity contribution >= 4 is 5.78 Å². The van der Waals surface area contributed by atoms with Crippen molar-refractivity contribution in [3.63, 3.8) is 0 Å². The van der Waals surface area contributed by atoms with E-state index in [4.69, 9.17) is 4.74 Å². The first kappa shape index (κ1) is 21.0. The van der Waals surface area contributed by atoms with Gasteiger partial charge in [-0.3, -0.25) is 4.79 Å². The largest absolute Gasteiger partial charge is 0.357 e. The van der Waals surface area contributed by atoms with Crippen LogP contribution in [0.1, 0.15) is 86.5 Å². The van der Waals surface area contributed by atoms with Gasteiger partial charge in [-0.1, -0.05) is 66.0 Å². The molecule has 1 aliphatic heterocycles. The molecule has 5 rings (SSSR count). The third kappa shape index (κ3) is 2.68. The van der Waals surface area contributed by atoms with E-state index in [9.17, 15) is 4.79 Å². The number of ether oxygens (including phenoxy) is 1. The van der Waals surface area contributed by atoms with Crippen molar-refractivity contribution in [2.24, 2.45) is 46.3 Å². The van der Waals surface area contributed by atoms with Crippen LogP contribution in [0.4, 0.5) is 0 Å². The Kier molecular flexibility index (Phi) is 4.76. The van der Waals surface area contributed by atoms with E-state index < -0.39 is 0 Å². The first-order valence-electron chi connectivity index (χ1n) is 12.7. The van der Waals surface area contributed by atoms with Gasteiger partial charge in [-0.2, -0.15) is 0 Å². The third-order valence-corrected chi connectivity index (χ3v) is 10.8. The van der Waals surface area contributed by atoms with Gasteiger partial charge in [0.25, 0.3) is 0 Å². The predicted molar refractivity (Wildman–Crippen MR) is 122 cm³/mol. The van der Waals surface area contributed by atoms with E-state index in [1.54, 1.807) is 0 Å². The fraction of sp³-hybridized carbons (Fsp3) is 0.821. The fourth-order valence-corrected chi connectivity index (χ4v) is 8.78. The smallest absolute Gasteiger partial charge is 0.187 e. The number of hydrogen-bond donors (Lipinski definition) is 0. The van der Waals surface area contributed by atoms with Crippen molar-refractivity contribution in [3.8, 4) is 0 Å². The van der Waals surface area contributed by atoms with Crippen molar-refractivity contribution in [2.45, 2.75) is 98.2 Å². The molecule has 2 unspecified atom stereocenters. The summed E-state index contributed by atoms with van der Waals surface area (Å²) in [6, 6.07) is 0. The average Bonchev–Trinajstić information content (AvgIpc) is 3.27. The van der Waals surface area contributed by atoms with Crippen LogP contribution < -0.4 is 0 Å². The molecule has 2 nitrogen and oxygen atoms in total. The van der Waals surface area contributed by atoms with Gasteiger partial charge in [0.15, 0.2) is 11.9 Å². The van der Waals surface area contributed by atoms with Gasteiger partial charge in [0.1, 0.15) is 5.60 Å². The van der Waals surface area contributed by atoms with Gasteiger partial charge in [-0.25, -0.2) is 0 Å². The van der Waals surface area contributed by atoms with Crippen LogP contribution in [0.25, 0.3) is 0 Å². The third-order valence-electron chi connectivity index (χ3n) is 10.8. The molecule has 3 fully saturated rings. The highest BCUT2D eigenvalue weighted by atomic mass is 16.6. The van der Waals surface area contributed by atoms with E-state index in [-0.39, 0.29) is 22.9 Å². The zero-order valence-corrected chi connectivity index (χ0v) is 20.0. The summed E-state index contributed by atoms with van der Waals surface area (Å²) < 4.78 is 6.12. The molecule has 9 atom stereocenters. The molecule has 0 spiro atoms. The maximum Gasteiger partial charge on any atom is 0.187 e. The molecule has 0 N–H and O–H groups in total. The van der Waals surface area contributed by atoms with Gasteiger partial charge >= 0.3 is 0 Å². The minimum absolute atomic E-state index is 0.00666. The molecule has 0 aromatic heterocycles. The molecule has 0 aromatic carbocycles. The van der Waals surface area contributed by atoms with E-state index in [0.717, 1.165) is 23.7 Å². The van der Waals surface area contributed by atoms with Crippen LogP contribution in [-0.2, 0) is 9.53 Å². The Morgan fingerprint density at radius 1 is 1.07 bits per heavy atom. The summed E-state index contributed by atoms with van der Waals surface area (Å²) in [5.41, 5.74) is 1.44. The van der Waals surface area contributed by atoms with Gasteiger partial charge in [-0.15, -0.1) is 0 Å². The predicted octanol–water partition coefficient (Wildman–Crippen LogP) is 6.75. The van der Waals surface area contributed by atoms with Crippen LogP contribution in [0.3, 0.4) is 0 Å². The zero-order chi connectivity index (χ0) is 21.5. The van der Waals surface area contributed by atoms with Crippen LogP contribution in [0.15, 0.2) is 23.8 Å². The Balaban J connectivity index is 1.40. The molecular weight excluding hydrogens is 368 g/mol. The SMILES string of the molecule is CC(C)CCC[C@@H](C)[C@H]1CC[C@H]2[C@@H]3C=CC4=CC(=O)C5OC5(C)[C@]4(C)[C@H]3CC[C@]12C. The topological polar surface area (TPSA) is 29.6 Å². The first-order valence-corrected chi connectivity index (χ1v) is 12.7. The van der Waals surface area contributed by atoms with E-state index in [1.807, 2.05) is 6.08 Å². The summed E-state index contributed by atoms with van der Waals surface area (Å²) in [4.78, 5) is 12.4. The number of carbonyl (C=O) groups excluding carboxylic acids is 1. The number of carbonyl (C=O) groups is 1. The average molecular weight is 411 g/mol. The molecule has 1 heterocycles. The number of hydrogen-bond acceptors (Lipinski definition) is 2. The lowest BCUT2D eigenvalue weighted by molar-refractivity contribution is -0.116. The van der Waals surface area contributed by atoms with Crippen LogP contribution >= 0.6 is 0 Å². The van der Waals surface area contributed by atoms with Gasteiger partial charge in [0, 0.05) is 5.41 Å². The Morgan fingerprint density at radius 2 is 1.83 bits per heavy atom. The highest BCUT2D eigenvalue weighted by Gasteiger charge is 2.73. The molecular formula is C28H42O2. The Bertz CT molecular complexity index is 792. The molecule has 30 heavy (non-hydrogen) atoms. The van der Waals surface area contributed by atoms with E-state index in [0.29, 0.717) is 17.3 Å². The molecule has 166 valence electrons. The van der Waals surface area contributed by atoms with Crippen molar-refractivity contribution < 1.29 is 9.53 Å². The van der Waals surface area contributed by atoms with Gasteiger partial charge in [-0.05, 0) is 85.2 Å². The summed E-state index contributed by atoms with van der Waals surface area (Å²) in [6.07, 6.45) is 16.1. The first-order chi connectivity index (χ1) is 14.1. The van der Waals surface area contributed by atoms with Crippen LogP contribution in [0.5, 0.6) is 0 Å². The molecule has 5 aliphatic rings. The Hall–Kier alpha value is -0.890. The van der Waals surface area contributed by atoms with Gasteiger partial charge < -0.3 is 4.74 Å². The second-order valence-corrected chi connectivity index (χ2v) is 12.5. The number of ketones is 1. The quantitative estimate of drug-likeness (QED) is 0.469. The summed E-state index contributed by atoms with van der Waals surface area (Å²) in [5, 5.41) is 0. The lowest BCUT2D eigenvalue weighted by Crippen LogP contribution is -2.55. The van der Waals surface area contributed by atoms with Crippen molar-refractivity contribution in [1.29, 1.82) is 0 Å². The number of epoxide rings is 1. The molecule has 0 aromatic rings. The molecule has 0 amide bonds. The van der Waals surface area contributed by atoms with E-state index in [1.165, 1.54) is 50.5 Å². The lowest BCUT2D eigenvalue weighted by atomic mass is 9.46. The van der Waals surface area contributed by atoms with Crippen molar-refractivity contribution in [3.05, 3.63) is 23.8 Å². The maximum absolute atomic E-state index is 12.4. The number of rotatable bonds is 5. The van der Waals surface area contributed by atoms with Gasteiger partial charge in [0.2, 0.25) is 0 Å². The normalized spacial score (nSPS) is 49.8. The molecule has 2 saturated carbocycles. The van der Waals surface area contributed by atoms with Crippen LogP contribution in [-0.4, -0.2) is 17.5 Å². The number of allylic oxidation sites excluding steroid dienone is 2. The monoisotopic (exact) mass is 410 g/mol. The fourth-order valence-electron chi connectivity index (χ4n) is 8.78. The summed E-state index contributed by atoms with van der Waals surface area (Å²) in [7, 11) is 0. The standard InChI is InChI=1S/C28H42O2/c1-17(2)8-7-9-18(3)21-12-13-22-20-11-10-19-16-24(29)25-28(6,30-25)27(19,5)23(20)14-15-26(21,22)4/h10-11,16-18,20-23,25H,7-9,12-15H2,1-6H3/t18-,20+,21-,22+,23+,25?,26-,27+,28?/m1/s1. The number of fused-ring (bicyclic) bond motifs is 7. The summed E-state index contributed by atoms with van der Waals surface area (Å²) in [6.45, 7) is 14.5. The lowest BCUT2D eigenvalue weighted by Gasteiger charge is -2.57. The van der Waals surface area contributed by atoms with Gasteiger partial charge in [0.05, 0.1) is 0 Å². The van der Waals surface area contributed by atoms with Crippen molar-refractivity contribution in [1.82, 2.24) is 0 Å². The van der Waals surface area contributed by atoms with E-state index >= 15 is 0 Å². The maximum atomic E-state index is 12.4. The van der Waals surface area contributed by atoms with Crippen LogP contribution in [0.2, 0.25) is 0 Å². The summed E-state index contributed by atoms with van der Waals surface area (Å²) >= 11 is 0. The molecule has 0 bridgehead atoms. The molecule has 4 aliphatic carbocycles. The minimum Gasteiger partial charge on any atom is -0.357 e. The van der Waals surface area contributed by atoms with Crippen LogP contribution in [0, 0.1) is 46.3 Å². The second-order valence-electron chi connectivity index (χ2n) is 12.5. The second kappa shape index (κ2) is 6.80. The zero-order valence-electron chi connectivity index (χ0n) is 20.0. The van der Waals surface area contributed by atoms with Crippen molar-refractivity contribution in [2.75, 3.05) is 0 Å². The molecule has 0 radical (unpaired) electrons. The highest BCUT2D eigenvalue weighted by molar-refractivity contribution is 5.99.